The molecule has 0 spiro atoms. The van der Waals surface area contributed by atoms with Gasteiger partial charge in [0.25, 0.3) is 0 Å². The Hall–Kier alpha value is -0.820. The molecule has 1 saturated heterocycles. The average Bonchev–Trinajstić information content (AvgIpc) is 2.19. The maximum atomic E-state index is 2.50. The Kier molecular flexibility index (Phi) is 2.87. The van der Waals surface area contributed by atoms with Crippen LogP contribution in [0.4, 0.5) is 0 Å². The quantitative estimate of drug-likeness (QED) is 0.698. The smallest absolute Gasteiger partial charge is 0.112 e. The highest BCUT2D eigenvalue weighted by atomic mass is 14.9. The van der Waals surface area contributed by atoms with E-state index in [9.17, 15) is 0 Å². The predicted octanol–water partition coefficient (Wildman–Crippen LogP) is 2.09. The lowest BCUT2D eigenvalue weighted by atomic mass is 9.93. The van der Waals surface area contributed by atoms with Crippen molar-refractivity contribution < 1.29 is 5.32 Å². The normalized spacial score (nSPS) is 22.3. The van der Waals surface area contributed by atoms with Crippen molar-refractivity contribution in [3.8, 4) is 0 Å². The van der Waals surface area contributed by atoms with Gasteiger partial charge in [-0.05, 0) is 32.3 Å². The molecule has 0 radical (unpaired) electrons. The fourth-order valence-electron chi connectivity index (χ4n) is 2.47. The van der Waals surface area contributed by atoms with Crippen molar-refractivity contribution >= 4 is 0 Å². The molecule has 0 unspecified atom stereocenters. The lowest BCUT2D eigenvalue weighted by Gasteiger charge is -2.22. The highest BCUT2D eigenvalue weighted by Gasteiger charge is 2.19. The molecule has 1 aliphatic heterocycles. The molecule has 1 heterocycles. The van der Waals surface area contributed by atoms with E-state index < -0.39 is 0 Å². The Morgan fingerprint density at radius 1 is 1.21 bits per heavy atom. The summed E-state index contributed by atoms with van der Waals surface area (Å²) in [5.41, 5.74) is 4.39. The molecule has 14 heavy (non-hydrogen) atoms. The van der Waals surface area contributed by atoms with Gasteiger partial charge in [-0.25, -0.2) is 0 Å². The van der Waals surface area contributed by atoms with Crippen LogP contribution in [0, 0.1) is 13.8 Å². The maximum absolute atomic E-state index is 2.50. The Morgan fingerprint density at radius 2 is 2.07 bits per heavy atom. The van der Waals surface area contributed by atoms with Crippen LogP contribution in [-0.4, -0.2) is 6.54 Å². The Balaban J connectivity index is 2.22. The second-order valence-corrected chi connectivity index (χ2v) is 4.49. The van der Waals surface area contributed by atoms with E-state index in [-0.39, 0.29) is 0 Å². The van der Waals surface area contributed by atoms with E-state index in [0.29, 0.717) is 0 Å². The largest absolute Gasteiger partial charge is 0.340 e. The average molecular weight is 190 g/mol. The first-order valence-corrected chi connectivity index (χ1v) is 5.68. The first-order chi connectivity index (χ1) is 6.77. The van der Waals surface area contributed by atoms with Gasteiger partial charge >= 0.3 is 0 Å². The first-order valence-electron chi connectivity index (χ1n) is 5.68. The molecule has 0 aromatic heterocycles. The number of aryl methyl sites for hydroxylation is 2. The molecule has 1 heteroatoms. The Morgan fingerprint density at radius 3 is 2.71 bits per heavy atom. The lowest BCUT2D eigenvalue weighted by molar-refractivity contribution is -0.704. The number of quaternary nitrogens is 1. The van der Waals surface area contributed by atoms with Gasteiger partial charge in [-0.2, -0.15) is 0 Å². The molecular weight excluding hydrogens is 170 g/mol. The van der Waals surface area contributed by atoms with Gasteiger partial charge in [-0.3, -0.25) is 0 Å². The first kappa shape index (κ1) is 9.72. The summed E-state index contributed by atoms with van der Waals surface area (Å²) in [6, 6.07) is 7.59. The molecule has 76 valence electrons. The van der Waals surface area contributed by atoms with Crippen LogP contribution in [0.3, 0.4) is 0 Å². The van der Waals surface area contributed by atoms with Crippen LogP contribution in [0.1, 0.15) is 42.0 Å². The minimum atomic E-state index is 0.726. The van der Waals surface area contributed by atoms with Crippen molar-refractivity contribution in [3.63, 3.8) is 0 Å². The van der Waals surface area contributed by atoms with Crippen LogP contribution in [0.2, 0.25) is 0 Å². The zero-order chi connectivity index (χ0) is 9.97. The van der Waals surface area contributed by atoms with E-state index in [2.05, 4.69) is 37.4 Å². The summed E-state index contributed by atoms with van der Waals surface area (Å²) in [4.78, 5) is 0. The van der Waals surface area contributed by atoms with Gasteiger partial charge in [0, 0.05) is 12.0 Å². The SMILES string of the molecule is Cc1ccc([C@@H]2CCCC[NH2+]2)c(C)c1. The van der Waals surface area contributed by atoms with Crippen molar-refractivity contribution in [2.75, 3.05) is 6.54 Å². The number of hydrogen-bond donors (Lipinski definition) is 1. The number of piperidine rings is 1. The van der Waals surface area contributed by atoms with E-state index in [1.54, 1.807) is 5.56 Å². The number of rotatable bonds is 1. The monoisotopic (exact) mass is 190 g/mol. The zero-order valence-electron chi connectivity index (χ0n) is 9.22. The van der Waals surface area contributed by atoms with Gasteiger partial charge < -0.3 is 5.32 Å². The third-order valence-corrected chi connectivity index (χ3v) is 3.25. The maximum Gasteiger partial charge on any atom is 0.112 e. The summed E-state index contributed by atoms with van der Waals surface area (Å²) < 4.78 is 0. The van der Waals surface area contributed by atoms with E-state index in [4.69, 9.17) is 0 Å². The highest BCUT2D eigenvalue weighted by molar-refractivity contribution is 5.31. The fourth-order valence-corrected chi connectivity index (χ4v) is 2.47. The third kappa shape index (κ3) is 1.98. The van der Waals surface area contributed by atoms with Gasteiger partial charge in [0.15, 0.2) is 0 Å². The van der Waals surface area contributed by atoms with Crippen molar-refractivity contribution in [2.24, 2.45) is 0 Å². The van der Waals surface area contributed by atoms with Gasteiger partial charge in [0.1, 0.15) is 6.04 Å². The summed E-state index contributed by atoms with van der Waals surface area (Å²) in [6.07, 6.45) is 4.14. The predicted molar refractivity (Wildman–Crippen MR) is 59.3 cm³/mol. The number of hydrogen-bond acceptors (Lipinski definition) is 0. The molecular formula is C13H20N+. The molecule has 1 aromatic carbocycles. The highest BCUT2D eigenvalue weighted by Crippen LogP contribution is 2.21. The second-order valence-electron chi connectivity index (χ2n) is 4.49. The molecule has 1 aromatic rings. The molecule has 1 aliphatic rings. The topological polar surface area (TPSA) is 16.6 Å². The van der Waals surface area contributed by atoms with Gasteiger partial charge in [0.05, 0.1) is 6.54 Å². The second kappa shape index (κ2) is 4.14. The molecule has 0 bridgehead atoms. The van der Waals surface area contributed by atoms with Crippen LogP contribution >= 0.6 is 0 Å². The third-order valence-electron chi connectivity index (χ3n) is 3.25. The molecule has 1 atom stereocenters. The summed E-state index contributed by atoms with van der Waals surface area (Å²) in [6.45, 7) is 5.71. The minimum absolute atomic E-state index is 0.726. The Labute approximate surface area is 86.5 Å². The van der Waals surface area contributed by atoms with Gasteiger partial charge in [-0.15, -0.1) is 0 Å². The van der Waals surface area contributed by atoms with E-state index in [1.807, 2.05) is 0 Å². The summed E-state index contributed by atoms with van der Waals surface area (Å²) in [5.74, 6) is 0. The van der Waals surface area contributed by atoms with Gasteiger partial charge in [-0.1, -0.05) is 23.8 Å². The molecule has 0 saturated carbocycles. The van der Waals surface area contributed by atoms with Crippen LogP contribution in [-0.2, 0) is 0 Å². The zero-order valence-corrected chi connectivity index (χ0v) is 9.22. The van der Waals surface area contributed by atoms with Crippen LogP contribution in [0.25, 0.3) is 0 Å². The van der Waals surface area contributed by atoms with Crippen molar-refractivity contribution in [2.45, 2.75) is 39.2 Å². The molecule has 1 fully saturated rings. The van der Waals surface area contributed by atoms with E-state index >= 15 is 0 Å². The summed E-state index contributed by atoms with van der Waals surface area (Å²) >= 11 is 0. The summed E-state index contributed by atoms with van der Waals surface area (Å²) in [7, 11) is 0. The number of nitrogens with two attached hydrogens (primary N) is 1. The van der Waals surface area contributed by atoms with Crippen molar-refractivity contribution in [3.05, 3.63) is 34.9 Å². The lowest BCUT2D eigenvalue weighted by Crippen LogP contribution is -2.86. The molecule has 2 N–H and O–H groups in total. The Bertz CT molecular complexity index is 311. The van der Waals surface area contributed by atoms with E-state index in [0.717, 1.165) is 6.04 Å². The van der Waals surface area contributed by atoms with Crippen molar-refractivity contribution in [1.29, 1.82) is 0 Å². The molecule has 0 amide bonds. The van der Waals surface area contributed by atoms with Crippen molar-refractivity contribution in [1.82, 2.24) is 0 Å². The van der Waals surface area contributed by atoms with E-state index in [1.165, 1.54) is 36.9 Å². The van der Waals surface area contributed by atoms with Crippen LogP contribution in [0.5, 0.6) is 0 Å². The van der Waals surface area contributed by atoms with Crippen LogP contribution < -0.4 is 5.32 Å². The number of benzene rings is 1. The standard InChI is InChI=1S/C13H19N/c1-10-6-7-12(11(2)9-10)13-5-3-4-8-14-13/h6-7,9,13-14H,3-5,8H2,1-2H3/p+1/t13-/m0/s1. The van der Waals surface area contributed by atoms with Crippen LogP contribution in [0.15, 0.2) is 18.2 Å². The summed E-state index contributed by atoms with van der Waals surface area (Å²) in [5, 5.41) is 2.50. The molecule has 2 rings (SSSR count). The molecule has 0 aliphatic carbocycles. The molecule has 1 nitrogen and oxygen atoms in total. The fraction of sp³-hybridized carbons (Fsp3) is 0.538. The minimum Gasteiger partial charge on any atom is -0.340 e. The van der Waals surface area contributed by atoms with Gasteiger partial charge in [0.2, 0.25) is 0 Å².